The molecule has 0 bridgehead atoms. The van der Waals surface area contributed by atoms with Crippen molar-refractivity contribution in [3.63, 3.8) is 0 Å². The topological polar surface area (TPSA) is 71.5 Å². The molecule has 0 spiro atoms. The van der Waals surface area contributed by atoms with Crippen LogP contribution in [-0.2, 0) is 14.9 Å². The molecule has 0 aliphatic carbocycles. The van der Waals surface area contributed by atoms with Crippen molar-refractivity contribution in [2.45, 2.75) is 32.1 Å². The molecular weight excluding hydrogens is 338 g/mol. The Kier molecular flexibility index (Phi) is 5.48. The zero-order chi connectivity index (χ0) is 17.9. The highest BCUT2D eigenvalue weighted by Crippen LogP contribution is 2.23. The molecule has 1 aliphatic rings. The highest BCUT2D eigenvalue weighted by Gasteiger charge is 2.33. The number of rotatable bonds is 5. The molecular formula is C18H23N3O3S. The minimum Gasteiger partial charge on any atom is -0.373 e. The van der Waals surface area contributed by atoms with Crippen LogP contribution in [0.2, 0.25) is 0 Å². The summed E-state index contributed by atoms with van der Waals surface area (Å²) < 4.78 is 35.8. The van der Waals surface area contributed by atoms with E-state index in [2.05, 4.69) is 9.71 Å². The van der Waals surface area contributed by atoms with E-state index in [0.717, 1.165) is 5.56 Å². The second-order valence-corrected chi connectivity index (χ2v) is 8.00. The van der Waals surface area contributed by atoms with Gasteiger partial charge in [-0.2, -0.15) is 17.4 Å². The SMILES string of the molecule is C[C@@H]1CN(S(=O)(=O)N[C@@H](c2ccccc2)c2ccccn2)C[C@@H](C)O1. The van der Waals surface area contributed by atoms with Gasteiger partial charge < -0.3 is 4.74 Å². The smallest absolute Gasteiger partial charge is 0.280 e. The number of hydrogen-bond donors (Lipinski definition) is 1. The number of benzene rings is 1. The fourth-order valence-electron chi connectivity index (χ4n) is 3.04. The second-order valence-electron chi connectivity index (χ2n) is 6.30. The number of nitrogens with one attached hydrogen (secondary N) is 1. The molecule has 0 saturated carbocycles. The number of nitrogens with zero attached hydrogens (tertiary/aromatic N) is 2. The fraction of sp³-hybridized carbons (Fsp3) is 0.389. The highest BCUT2D eigenvalue weighted by atomic mass is 32.2. The van der Waals surface area contributed by atoms with E-state index in [1.807, 2.05) is 62.4 Å². The van der Waals surface area contributed by atoms with E-state index in [9.17, 15) is 8.42 Å². The van der Waals surface area contributed by atoms with E-state index < -0.39 is 16.3 Å². The molecule has 1 aromatic carbocycles. The van der Waals surface area contributed by atoms with E-state index in [0.29, 0.717) is 18.8 Å². The lowest BCUT2D eigenvalue weighted by atomic mass is 10.0. The Morgan fingerprint density at radius 2 is 1.72 bits per heavy atom. The maximum atomic E-state index is 13.0. The third-order valence-corrected chi connectivity index (χ3v) is 5.62. The molecule has 1 aromatic heterocycles. The summed E-state index contributed by atoms with van der Waals surface area (Å²) in [5, 5.41) is 0. The molecule has 3 atom stereocenters. The molecule has 1 aliphatic heterocycles. The van der Waals surface area contributed by atoms with Crippen molar-refractivity contribution in [2.75, 3.05) is 13.1 Å². The fourth-order valence-corrected chi connectivity index (χ4v) is 4.56. The summed E-state index contributed by atoms with van der Waals surface area (Å²) >= 11 is 0. The van der Waals surface area contributed by atoms with Crippen molar-refractivity contribution in [1.82, 2.24) is 14.0 Å². The number of morpholine rings is 1. The lowest BCUT2D eigenvalue weighted by Crippen LogP contribution is -2.52. The molecule has 0 radical (unpaired) electrons. The molecule has 6 nitrogen and oxygen atoms in total. The van der Waals surface area contributed by atoms with Gasteiger partial charge in [-0.25, -0.2) is 0 Å². The zero-order valence-electron chi connectivity index (χ0n) is 14.4. The van der Waals surface area contributed by atoms with E-state index in [1.54, 1.807) is 6.20 Å². The van der Waals surface area contributed by atoms with E-state index in [-0.39, 0.29) is 12.2 Å². The van der Waals surface area contributed by atoms with Gasteiger partial charge in [0.2, 0.25) is 0 Å². The molecule has 134 valence electrons. The van der Waals surface area contributed by atoms with Crippen LogP contribution in [0, 0.1) is 0 Å². The number of pyridine rings is 1. The van der Waals surface area contributed by atoms with E-state index in [1.165, 1.54) is 4.31 Å². The Labute approximate surface area is 149 Å². The minimum absolute atomic E-state index is 0.134. The molecule has 1 N–H and O–H groups in total. The summed E-state index contributed by atoms with van der Waals surface area (Å²) in [6.07, 6.45) is 1.40. The van der Waals surface area contributed by atoms with Crippen LogP contribution in [0.4, 0.5) is 0 Å². The predicted molar refractivity (Wildman–Crippen MR) is 96.2 cm³/mol. The van der Waals surface area contributed by atoms with Crippen LogP contribution < -0.4 is 4.72 Å². The van der Waals surface area contributed by atoms with Crippen molar-refractivity contribution in [3.8, 4) is 0 Å². The minimum atomic E-state index is -3.68. The van der Waals surface area contributed by atoms with Gasteiger partial charge >= 0.3 is 0 Å². The van der Waals surface area contributed by atoms with Gasteiger partial charge in [0.05, 0.1) is 23.9 Å². The van der Waals surface area contributed by atoms with Gasteiger partial charge in [0.15, 0.2) is 0 Å². The van der Waals surface area contributed by atoms with Crippen molar-refractivity contribution < 1.29 is 13.2 Å². The highest BCUT2D eigenvalue weighted by molar-refractivity contribution is 7.87. The standard InChI is InChI=1S/C18H23N3O3S/c1-14-12-21(13-15(2)24-14)25(22,23)20-18(16-8-4-3-5-9-16)17-10-6-7-11-19-17/h3-11,14-15,18,20H,12-13H2,1-2H3/t14-,15-,18+/m1/s1. The number of ether oxygens (including phenoxy) is 1. The number of aromatic nitrogens is 1. The van der Waals surface area contributed by atoms with Gasteiger partial charge in [-0.15, -0.1) is 0 Å². The summed E-state index contributed by atoms with van der Waals surface area (Å²) in [6, 6.07) is 14.4. The van der Waals surface area contributed by atoms with Gasteiger partial charge in [0, 0.05) is 19.3 Å². The molecule has 7 heteroatoms. The van der Waals surface area contributed by atoms with Gasteiger partial charge in [0.25, 0.3) is 10.2 Å². The summed E-state index contributed by atoms with van der Waals surface area (Å²) in [6.45, 7) is 4.43. The van der Waals surface area contributed by atoms with Gasteiger partial charge in [-0.3, -0.25) is 4.98 Å². The Balaban J connectivity index is 1.90. The van der Waals surface area contributed by atoms with Crippen molar-refractivity contribution in [2.24, 2.45) is 0 Å². The average Bonchev–Trinajstić information content (AvgIpc) is 2.60. The van der Waals surface area contributed by atoms with Crippen LogP contribution in [0.1, 0.15) is 31.1 Å². The van der Waals surface area contributed by atoms with Crippen LogP contribution in [0.15, 0.2) is 54.7 Å². The molecule has 2 aromatic rings. The molecule has 1 saturated heterocycles. The Hall–Kier alpha value is -1.80. The summed E-state index contributed by atoms with van der Waals surface area (Å²) in [4.78, 5) is 4.34. The molecule has 25 heavy (non-hydrogen) atoms. The molecule has 3 rings (SSSR count). The largest absolute Gasteiger partial charge is 0.373 e. The summed E-state index contributed by atoms with van der Waals surface area (Å²) in [5.41, 5.74) is 1.51. The Morgan fingerprint density at radius 3 is 2.32 bits per heavy atom. The van der Waals surface area contributed by atoms with Gasteiger partial charge in [0.1, 0.15) is 0 Å². The molecule has 1 fully saturated rings. The van der Waals surface area contributed by atoms with Crippen LogP contribution in [0.25, 0.3) is 0 Å². The molecule has 0 amide bonds. The van der Waals surface area contributed by atoms with Gasteiger partial charge in [-0.05, 0) is 31.5 Å². The average molecular weight is 361 g/mol. The Bertz CT molecular complexity index is 734. The van der Waals surface area contributed by atoms with Crippen LogP contribution in [0.3, 0.4) is 0 Å². The monoisotopic (exact) mass is 361 g/mol. The Morgan fingerprint density at radius 1 is 1.08 bits per heavy atom. The van der Waals surface area contributed by atoms with E-state index in [4.69, 9.17) is 4.74 Å². The zero-order valence-corrected chi connectivity index (χ0v) is 15.2. The first-order valence-corrected chi connectivity index (χ1v) is 9.78. The second kappa shape index (κ2) is 7.61. The number of hydrogen-bond acceptors (Lipinski definition) is 4. The van der Waals surface area contributed by atoms with E-state index >= 15 is 0 Å². The summed E-state index contributed by atoms with van der Waals surface area (Å²) in [7, 11) is -3.68. The van der Waals surface area contributed by atoms with Crippen LogP contribution in [-0.4, -0.2) is 43.0 Å². The third-order valence-electron chi connectivity index (χ3n) is 4.11. The maximum Gasteiger partial charge on any atom is 0.280 e. The van der Waals surface area contributed by atoms with Gasteiger partial charge in [-0.1, -0.05) is 36.4 Å². The third kappa shape index (κ3) is 4.43. The van der Waals surface area contributed by atoms with Crippen molar-refractivity contribution in [3.05, 3.63) is 66.0 Å². The quantitative estimate of drug-likeness (QED) is 0.885. The van der Waals surface area contributed by atoms with Crippen molar-refractivity contribution >= 4 is 10.2 Å². The first-order chi connectivity index (χ1) is 12.0. The van der Waals surface area contributed by atoms with Crippen molar-refractivity contribution in [1.29, 1.82) is 0 Å². The molecule has 2 heterocycles. The first kappa shape index (κ1) is 18.0. The predicted octanol–water partition coefficient (Wildman–Crippen LogP) is 2.11. The normalized spacial score (nSPS) is 23.3. The van der Waals surface area contributed by atoms with Crippen LogP contribution >= 0.6 is 0 Å². The maximum absolute atomic E-state index is 13.0. The lowest BCUT2D eigenvalue weighted by molar-refractivity contribution is -0.0444. The lowest BCUT2D eigenvalue weighted by Gasteiger charge is -2.35. The first-order valence-electron chi connectivity index (χ1n) is 8.34. The summed E-state index contributed by atoms with van der Waals surface area (Å²) in [5.74, 6) is 0. The van der Waals surface area contributed by atoms with Crippen LogP contribution in [0.5, 0.6) is 0 Å². The molecule has 0 unspecified atom stereocenters.